The topological polar surface area (TPSA) is 36.4 Å². The minimum Gasteiger partial charge on any atom is -0.348 e. The van der Waals surface area contributed by atoms with E-state index in [0.29, 0.717) is 11.6 Å². The van der Waals surface area contributed by atoms with E-state index in [1.807, 2.05) is 17.0 Å². The third kappa shape index (κ3) is 3.87. The third-order valence-corrected chi connectivity index (χ3v) is 6.12. The fraction of sp³-hybridized carbons (Fsp3) is 0.500. The van der Waals surface area contributed by atoms with Gasteiger partial charge in [0.1, 0.15) is 5.82 Å². The smallest absolute Gasteiger partial charge is 0.255 e. The molecule has 0 spiro atoms. The van der Waals surface area contributed by atoms with Gasteiger partial charge in [-0.2, -0.15) is 0 Å². The molecular formula is C20H25N3OS. The first-order valence-electron chi connectivity index (χ1n) is 9.25. The highest BCUT2D eigenvalue weighted by atomic mass is 32.1. The zero-order valence-corrected chi connectivity index (χ0v) is 15.5. The molecule has 1 amide bonds. The predicted octanol–water partition coefficient (Wildman–Crippen LogP) is 4.18. The van der Waals surface area contributed by atoms with Gasteiger partial charge in [-0.3, -0.25) is 4.79 Å². The summed E-state index contributed by atoms with van der Waals surface area (Å²) in [5.74, 6) is 1.84. The molecule has 0 aromatic carbocycles. The van der Waals surface area contributed by atoms with Crippen molar-refractivity contribution in [2.75, 3.05) is 18.0 Å². The Labute approximate surface area is 153 Å². The van der Waals surface area contributed by atoms with Crippen LogP contribution >= 0.6 is 11.3 Å². The van der Waals surface area contributed by atoms with Gasteiger partial charge in [0.15, 0.2) is 0 Å². The van der Waals surface area contributed by atoms with Crippen LogP contribution in [0, 0.1) is 5.92 Å². The fourth-order valence-electron chi connectivity index (χ4n) is 3.43. The lowest BCUT2D eigenvalue weighted by Gasteiger charge is -2.30. The molecule has 0 radical (unpaired) electrons. The van der Waals surface area contributed by atoms with Gasteiger partial charge in [-0.05, 0) is 55.2 Å². The fourth-order valence-corrected chi connectivity index (χ4v) is 4.13. The first kappa shape index (κ1) is 16.6. The zero-order valence-electron chi connectivity index (χ0n) is 14.7. The maximum absolute atomic E-state index is 12.7. The number of thiophene rings is 1. The second kappa shape index (κ2) is 7.16. The second-order valence-corrected chi connectivity index (χ2v) is 8.35. The molecule has 0 unspecified atom stereocenters. The quantitative estimate of drug-likeness (QED) is 0.807. The van der Waals surface area contributed by atoms with Gasteiger partial charge in [-0.1, -0.05) is 13.0 Å². The van der Waals surface area contributed by atoms with Gasteiger partial charge in [0.25, 0.3) is 5.91 Å². The summed E-state index contributed by atoms with van der Waals surface area (Å²) in [7, 11) is 0. The van der Waals surface area contributed by atoms with E-state index in [0.717, 1.165) is 44.2 Å². The van der Waals surface area contributed by atoms with E-state index in [-0.39, 0.29) is 5.91 Å². The lowest BCUT2D eigenvalue weighted by molar-refractivity contribution is 0.0697. The SMILES string of the molecule is CC1CCN(C(=O)c2ccc(N(Cc3cccs3)C3CC3)nc2)CC1. The highest BCUT2D eigenvalue weighted by molar-refractivity contribution is 7.09. The summed E-state index contributed by atoms with van der Waals surface area (Å²) in [6, 6.07) is 8.84. The van der Waals surface area contributed by atoms with Crippen molar-refractivity contribution in [2.24, 2.45) is 5.92 Å². The standard InChI is InChI=1S/C20H25N3OS/c1-15-8-10-22(11-9-15)20(24)16-4-7-19(21-13-16)23(17-5-6-17)14-18-3-2-12-25-18/h2-4,7,12-13,15,17H,5-6,8-11,14H2,1H3. The normalized spacial score (nSPS) is 18.4. The monoisotopic (exact) mass is 355 g/mol. The Hall–Kier alpha value is -1.88. The average Bonchev–Trinajstić information content (AvgIpc) is 3.36. The second-order valence-electron chi connectivity index (χ2n) is 7.32. The Balaban J connectivity index is 1.46. The number of hydrogen-bond acceptors (Lipinski definition) is 4. The van der Waals surface area contributed by atoms with Gasteiger partial charge in [0.05, 0.1) is 12.1 Å². The molecule has 5 heteroatoms. The molecule has 2 aromatic heterocycles. The van der Waals surface area contributed by atoms with Crippen molar-refractivity contribution >= 4 is 23.1 Å². The zero-order chi connectivity index (χ0) is 17.2. The van der Waals surface area contributed by atoms with Crippen molar-refractivity contribution in [1.82, 2.24) is 9.88 Å². The van der Waals surface area contributed by atoms with E-state index in [2.05, 4.69) is 34.3 Å². The molecule has 4 nitrogen and oxygen atoms in total. The molecule has 1 aliphatic heterocycles. The Morgan fingerprint density at radius 2 is 2.04 bits per heavy atom. The highest BCUT2D eigenvalue weighted by Gasteiger charge is 2.30. The number of likely N-dealkylation sites (tertiary alicyclic amines) is 1. The van der Waals surface area contributed by atoms with Gasteiger partial charge >= 0.3 is 0 Å². The Bertz CT molecular complexity index is 701. The van der Waals surface area contributed by atoms with Crippen molar-refractivity contribution in [2.45, 2.75) is 45.2 Å². The molecule has 0 atom stereocenters. The molecule has 1 aliphatic carbocycles. The number of hydrogen-bond donors (Lipinski definition) is 0. The first-order chi connectivity index (χ1) is 12.2. The van der Waals surface area contributed by atoms with E-state index in [1.54, 1.807) is 17.5 Å². The van der Waals surface area contributed by atoms with Crippen LogP contribution in [0.1, 0.15) is 47.8 Å². The van der Waals surface area contributed by atoms with E-state index in [9.17, 15) is 4.79 Å². The average molecular weight is 356 g/mol. The van der Waals surface area contributed by atoms with Crippen molar-refractivity contribution in [1.29, 1.82) is 0 Å². The van der Waals surface area contributed by atoms with Gasteiger partial charge in [0.2, 0.25) is 0 Å². The molecule has 0 N–H and O–H groups in total. The molecule has 1 saturated heterocycles. The van der Waals surface area contributed by atoms with Crippen LogP contribution in [-0.2, 0) is 6.54 Å². The number of pyridine rings is 1. The van der Waals surface area contributed by atoms with Crippen LogP contribution in [0.5, 0.6) is 0 Å². The lowest BCUT2D eigenvalue weighted by atomic mass is 9.99. The molecule has 0 bridgehead atoms. The molecule has 132 valence electrons. The number of aromatic nitrogens is 1. The molecule has 4 rings (SSSR count). The number of carbonyl (C=O) groups is 1. The van der Waals surface area contributed by atoms with Crippen LogP contribution < -0.4 is 4.90 Å². The van der Waals surface area contributed by atoms with Crippen LogP contribution in [-0.4, -0.2) is 34.9 Å². The van der Waals surface area contributed by atoms with Crippen LogP contribution in [0.4, 0.5) is 5.82 Å². The van der Waals surface area contributed by atoms with Gasteiger partial charge < -0.3 is 9.80 Å². The Morgan fingerprint density at radius 3 is 2.64 bits per heavy atom. The van der Waals surface area contributed by atoms with Crippen molar-refractivity contribution in [3.63, 3.8) is 0 Å². The van der Waals surface area contributed by atoms with Crippen molar-refractivity contribution in [3.05, 3.63) is 46.3 Å². The van der Waals surface area contributed by atoms with Crippen LogP contribution in [0.3, 0.4) is 0 Å². The van der Waals surface area contributed by atoms with E-state index < -0.39 is 0 Å². The lowest BCUT2D eigenvalue weighted by Crippen LogP contribution is -2.38. The molecule has 3 heterocycles. The summed E-state index contributed by atoms with van der Waals surface area (Å²) < 4.78 is 0. The molecule has 2 aliphatic rings. The number of piperidine rings is 1. The number of anilines is 1. The van der Waals surface area contributed by atoms with Crippen molar-refractivity contribution < 1.29 is 4.79 Å². The minimum absolute atomic E-state index is 0.127. The van der Waals surface area contributed by atoms with E-state index in [1.165, 1.54) is 17.7 Å². The maximum atomic E-state index is 12.7. The summed E-state index contributed by atoms with van der Waals surface area (Å²) in [6.45, 7) is 4.91. The number of nitrogens with zero attached hydrogens (tertiary/aromatic N) is 3. The number of carbonyl (C=O) groups excluding carboxylic acids is 1. The number of amides is 1. The minimum atomic E-state index is 0.127. The molecule has 25 heavy (non-hydrogen) atoms. The maximum Gasteiger partial charge on any atom is 0.255 e. The third-order valence-electron chi connectivity index (χ3n) is 5.25. The Kier molecular flexibility index (Phi) is 4.75. The van der Waals surface area contributed by atoms with Crippen LogP contribution in [0.25, 0.3) is 0 Å². The summed E-state index contributed by atoms with van der Waals surface area (Å²) in [5.41, 5.74) is 0.713. The summed E-state index contributed by atoms with van der Waals surface area (Å²) in [4.78, 5) is 23.0. The summed E-state index contributed by atoms with van der Waals surface area (Å²) in [5, 5.41) is 2.12. The molecule has 2 fully saturated rings. The molecule has 2 aromatic rings. The van der Waals surface area contributed by atoms with E-state index >= 15 is 0 Å². The van der Waals surface area contributed by atoms with Gasteiger partial charge in [-0.15, -0.1) is 11.3 Å². The number of rotatable bonds is 5. The summed E-state index contributed by atoms with van der Waals surface area (Å²) >= 11 is 1.79. The summed E-state index contributed by atoms with van der Waals surface area (Å²) in [6.07, 6.45) is 6.44. The predicted molar refractivity (Wildman–Crippen MR) is 102 cm³/mol. The van der Waals surface area contributed by atoms with Crippen molar-refractivity contribution in [3.8, 4) is 0 Å². The highest BCUT2D eigenvalue weighted by Crippen LogP contribution is 2.32. The Morgan fingerprint density at radius 1 is 1.24 bits per heavy atom. The largest absolute Gasteiger partial charge is 0.348 e. The van der Waals surface area contributed by atoms with E-state index in [4.69, 9.17) is 0 Å². The van der Waals surface area contributed by atoms with Crippen LogP contribution in [0.2, 0.25) is 0 Å². The van der Waals surface area contributed by atoms with Gasteiger partial charge in [-0.25, -0.2) is 4.98 Å². The van der Waals surface area contributed by atoms with Gasteiger partial charge in [0, 0.05) is 30.2 Å². The van der Waals surface area contributed by atoms with Crippen LogP contribution in [0.15, 0.2) is 35.8 Å². The molecular weight excluding hydrogens is 330 g/mol. The molecule has 1 saturated carbocycles. The first-order valence-corrected chi connectivity index (χ1v) is 10.1.